The molecule has 1 aliphatic heterocycles. The van der Waals surface area contributed by atoms with E-state index < -0.39 is 0 Å². The predicted octanol–water partition coefficient (Wildman–Crippen LogP) is 3.72. The number of amides is 2. The predicted molar refractivity (Wildman–Crippen MR) is 94.5 cm³/mol. The first-order valence-corrected chi connectivity index (χ1v) is 8.11. The molecule has 0 radical (unpaired) electrons. The number of aromatic nitrogens is 1. The maximum atomic E-state index is 12.4. The van der Waals surface area contributed by atoms with Crippen LogP contribution in [0.5, 0.6) is 0 Å². The Labute approximate surface area is 141 Å². The number of hydrogen-bond acceptors (Lipinski definition) is 4. The number of thiocarbonyl (C=S) groups is 1. The molecule has 23 heavy (non-hydrogen) atoms. The lowest BCUT2D eigenvalue weighted by Gasteiger charge is -2.14. The Kier molecular flexibility index (Phi) is 3.28. The molecule has 0 unspecified atom stereocenters. The van der Waals surface area contributed by atoms with Crippen molar-refractivity contribution >= 4 is 51.2 Å². The van der Waals surface area contributed by atoms with E-state index in [-0.39, 0.29) is 11.8 Å². The zero-order valence-electron chi connectivity index (χ0n) is 11.8. The van der Waals surface area contributed by atoms with E-state index in [0.717, 1.165) is 27.2 Å². The van der Waals surface area contributed by atoms with Gasteiger partial charge in [0.1, 0.15) is 0 Å². The molecule has 0 saturated heterocycles. The van der Waals surface area contributed by atoms with Gasteiger partial charge in [0.25, 0.3) is 11.8 Å². The molecule has 1 aliphatic rings. The molecule has 2 heterocycles. The van der Waals surface area contributed by atoms with Crippen molar-refractivity contribution in [2.75, 3.05) is 0 Å². The number of fused-ring (bicyclic) bond motifs is 2. The summed E-state index contributed by atoms with van der Waals surface area (Å²) in [7, 11) is 0. The standard InChI is InChI=1S/C17H10N2O2S2/c20-15-12-6-2-3-7-13(12)16(21)19(15)23-17(22)18-10-9-11-5-1-4-8-14(11)18/h1-10H. The van der Waals surface area contributed by atoms with Gasteiger partial charge < -0.3 is 4.57 Å². The molecule has 4 nitrogen and oxygen atoms in total. The van der Waals surface area contributed by atoms with E-state index >= 15 is 0 Å². The van der Waals surface area contributed by atoms with Gasteiger partial charge in [0, 0.05) is 18.1 Å². The Balaban J connectivity index is 1.65. The molecule has 0 spiro atoms. The molecule has 2 amide bonds. The maximum Gasteiger partial charge on any atom is 0.272 e. The van der Waals surface area contributed by atoms with Crippen LogP contribution in [0.2, 0.25) is 0 Å². The SMILES string of the molecule is O=C1c2ccccc2C(=O)N1SC(=S)n1ccc2ccccc21. The lowest BCUT2D eigenvalue weighted by atomic mass is 10.1. The normalized spacial score (nSPS) is 13.7. The lowest BCUT2D eigenvalue weighted by molar-refractivity contribution is 0.0778. The van der Waals surface area contributed by atoms with E-state index in [1.165, 1.54) is 0 Å². The number of hydrogen-bond donors (Lipinski definition) is 0. The average molecular weight is 338 g/mol. The third-order valence-corrected chi connectivity index (χ3v) is 5.01. The summed E-state index contributed by atoms with van der Waals surface area (Å²) >= 11 is 6.42. The van der Waals surface area contributed by atoms with Crippen LogP contribution in [-0.2, 0) is 0 Å². The summed E-state index contributed by atoms with van der Waals surface area (Å²) in [6, 6.07) is 16.6. The van der Waals surface area contributed by atoms with Crippen LogP contribution >= 0.6 is 24.2 Å². The van der Waals surface area contributed by atoms with Gasteiger partial charge in [-0.3, -0.25) is 9.59 Å². The third kappa shape index (κ3) is 2.18. The molecule has 0 saturated carbocycles. The van der Waals surface area contributed by atoms with Crippen molar-refractivity contribution in [2.45, 2.75) is 0 Å². The van der Waals surface area contributed by atoms with E-state index in [1.807, 2.05) is 36.5 Å². The first-order chi connectivity index (χ1) is 11.2. The molecule has 0 fully saturated rings. The van der Waals surface area contributed by atoms with Gasteiger partial charge >= 0.3 is 0 Å². The van der Waals surface area contributed by atoms with Crippen molar-refractivity contribution in [3.05, 3.63) is 71.9 Å². The molecule has 112 valence electrons. The quantitative estimate of drug-likeness (QED) is 0.385. The number of rotatable bonds is 1. The van der Waals surface area contributed by atoms with Crippen LogP contribution in [-0.4, -0.2) is 25.0 Å². The Morgan fingerprint density at radius 2 is 1.48 bits per heavy atom. The summed E-state index contributed by atoms with van der Waals surface area (Å²) in [5.41, 5.74) is 1.79. The zero-order chi connectivity index (χ0) is 16.0. The first kappa shape index (κ1) is 14.2. The summed E-state index contributed by atoms with van der Waals surface area (Å²) in [4.78, 5) is 24.8. The average Bonchev–Trinajstić information content (AvgIpc) is 3.11. The highest BCUT2D eigenvalue weighted by atomic mass is 32.2. The summed E-state index contributed by atoms with van der Waals surface area (Å²) < 4.78 is 3.36. The van der Waals surface area contributed by atoms with Crippen molar-refractivity contribution < 1.29 is 9.59 Å². The maximum absolute atomic E-state index is 12.4. The van der Waals surface area contributed by atoms with Crippen molar-refractivity contribution in [1.82, 2.24) is 8.87 Å². The number of para-hydroxylation sites is 1. The molecule has 4 rings (SSSR count). The summed E-state index contributed by atoms with van der Waals surface area (Å²) in [6.45, 7) is 0. The van der Waals surface area contributed by atoms with Gasteiger partial charge in [-0.05, 0) is 29.7 Å². The van der Waals surface area contributed by atoms with Gasteiger partial charge in [0.2, 0.25) is 0 Å². The summed E-state index contributed by atoms with van der Waals surface area (Å²) in [5.74, 6) is -0.649. The highest BCUT2D eigenvalue weighted by Gasteiger charge is 2.37. The summed E-state index contributed by atoms with van der Waals surface area (Å²) in [6.07, 6.45) is 1.85. The van der Waals surface area contributed by atoms with E-state index in [0.29, 0.717) is 15.4 Å². The van der Waals surface area contributed by atoms with Crippen molar-refractivity contribution in [3.8, 4) is 0 Å². The molecule has 1 aromatic heterocycles. The van der Waals surface area contributed by atoms with Gasteiger partial charge in [-0.15, -0.1) is 0 Å². The Bertz CT molecular complexity index is 942. The number of benzene rings is 2. The van der Waals surface area contributed by atoms with Crippen molar-refractivity contribution in [1.29, 1.82) is 0 Å². The van der Waals surface area contributed by atoms with Gasteiger partial charge in [-0.1, -0.05) is 42.5 Å². The van der Waals surface area contributed by atoms with Gasteiger partial charge in [0.05, 0.1) is 16.6 Å². The van der Waals surface area contributed by atoms with E-state index in [9.17, 15) is 9.59 Å². The molecular weight excluding hydrogens is 328 g/mol. The molecule has 6 heteroatoms. The largest absolute Gasteiger partial charge is 0.301 e. The van der Waals surface area contributed by atoms with E-state index in [2.05, 4.69) is 0 Å². The van der Waals surface area contributed by atoms with Crippen LogP contribution in [0.4, 0.5) is 0 Å². The van der Waals surface area contributed by atoms with Crippen LogP contribution in [0.3, 0.4) is 0 Å². The minimum absolute atomic E-state index is 0.325. The number of imide groups is 1. The number of carbonyl (C=O) groups excluding carboxylic acids is 2. The molecule has 0 atom stereocenters. The van der Waals surface area contributed by atoms with Crippen LogP contribution < -0.4 is 0 Å². The molecule has 0 aliphatic carbocycles. The molecule has 0 N–H and O–H groups in total. The van der Waals surface area contributed by atoms with E-state index in [1.54, 1.807) is 28.8 Å². The second-order valence-corrected chi connectivity index (χ2v) is 6.63. The fourth-order valence-electron chi connectivity index (χ4n) is 2.61. The fraction of sp³-hybridized carbons (Fsp3) is 0. The fourth-order valence-corrected chi connectivity index (χ4v) is 3.76. The molecule has 2 aromatic carbocycles. The number of carbonyl (C=O) groups is 2. The monoisotopic (exact) mass is 338 g/mol. The first-order valence-electron chi connectivity index (χ1n) is 6.93. The van der Waals surface area contributed by atoms with Crippen LogP contribution in [0.1, 0.15) is 20.7 Å². The third-order valence-electron chi connectivity index (χ3n) is 3.72. The van der Waals surface area contributed by atoms with Crippen molar-refractivity contribution in [2.24, 2.45) is 0 Å². The topological polar surface area (TPSA) is 42.3 Å². The lowest BCUT2D eigenvalue weighted by Crippen LogP contribution is -2.25. The van der Waals surface area contributed by atoms with Crippen molar-refractivity contribution in [3.63, 3.8) is 0 Å². The molecule has 0 bridgehead atoms. The van der Waals surface area contributed by atoms with Crippen LogP contribution in [0.15, 0.2) is 60.8 Å². The highest BCUT2D eigenvalue weighted by molar-refractivity contribution is 8.22. The minimum Gasteiger partial charge on any atom is -0.301 e. The highest BCUT2D eigenvalue weighted by Crippen LogP contribution is 2.30. The van der Waals surface area contributed by atoms with Crippen LogP contribution in [0, 0.1) is 0 Å². The van der Waals surface area contributed by atoms with Gasteiger partial charge in [0.15, 0.2) is 4.32 Å². The second kappa shape index (κ2) is 5.33. The number of nitrogens with zero attached hydrogens (tertiary/aromatic N) is 2. The molecule has 3 aromatic rings. The minimum atomic E-state index is -0.325. The smallest absolute Gasteiger partial charge is 0.272 e. The Morgan fingerprint density at radius 3 is 2.17 bits per heavy atom. The second-order valence-electron chi connectivity index (χ2n) is 5.05. The van der Waals surface area contributed by atoms with Gasteiger partial charge in [-0.2, -0.15) is 0 Å². The molecular formula is C17H10N2O2S2. The van der Waals surface area contributed by atoms with E-state index in [4.69, 9.17) is 12.2 Å². The van der Waals surface area contributed by atoms with Gasteiger partial charge in [-0.25, -0.2) is 4.31 Å². The zero-order valence-corrected chi connectivity index (χ0v) is 13.4. The Morgan fingerprint density at radius 1 is 0.870 bits per heavy atom. The Hall–Kier alpha value is -2.44. The summed E-state index contributed by atoms with van der Waals surface area (Å²) in [5, 5.41) is 1.05. The van der Waals surface area contributed by atoms with Crippen LogP contribution in [0.25, 0.3) is 10.9 Å².